The lowest BCUT2D eigenvalue weighted by Gasteiger charge is -2.35. The Bertz CT molecular complexity index is 746. The van der Waals surface area contributed by atoms with Crippen LogP contribution in [0.4, 0.5) is 5.69 Å². The molecule has 3 atom stereocenters. The predicted molar refractivity (Wildman–Crippen MR) is 97.5 cm³/mol. The summed E-state index contributed by atoms with van der Waals surface area (Å²) in [6.45, 7) is 5.59. The number of aryl methyl sites for hydroxylation is 1. The number of pyridine rings is 1. The molecule has 4 heterocycles. The molecule has 2 aliphatic heterocycles. The smallest absolute Gasteiger partial charge is 0.227 e. The number of furan rings is 1. The minimum atomic E-state index is -0.00265. The topological polar surface area (TPSA) is 67.6 Å². The molecular weight excluding hydrogens is 330 g/mol. The number of carbonyl (C=O) groups excluding carboxylic acids is 1. The third-order valence-electron chi connectivity index (χ3n) is 5.39. The third-order valence-corrected chi connectivity index (χ3v) is 5.39. The number of rotatable bonds is 5. The average molecular weight is 355 g/mol. The van der Waals surface area contributed by atoms with Crippen LogP contribution in [0.2, 0.25) is 0 Å². The second-order valence-electron chi connectivity index (χ2n) is 7.33. The molecule has 0 aliphatic carbocycles. The summed E-state index contributed by atoms with van der Waals surface area (Å²) in [5.41, 5.74) is 0.732. The Morgan fingerprint density at radius 2 is 2.31 bits per heavy atom. The number of ether oxygens (including phenoxy) is 1. The molecular formula is C20H25N3O3. The Morgan fingerprint density at radius 3 is 3.08 bits per heavy atom. The Morgan fingerprint density at radius 1 is 1.38 bits per heavy atom. The fourth-order valence-corrected chi connectivity index (χ4v) is 4.14. The quantitative estimate of drug-likeness (QED) is 0.893. The minimum absolute atomic E-state index is 0.00265. The maximum absolute atomic E-state index is 12.3. The highest BCUT2D eigenvalue weighted by Gasteiger charge is 2.41. The minimum Gasteiger partial charge on any atom is -0.465 e. The molecule has 2 aromatic heterocycles. The van der Waals surface area contributed by atoms with E-state index in [2.05, 4.69) is 21.3 Å². The second kappa shape index (κ2) is 7.60. The highest BCUT2D eigenvalue weighted by atomic mass is 16.5. The van der Waals surface area contributed by atoms with Crippen molar-refractivity contribution in [3.8, 4) is 0 Å². The van der Waals surface area contributed by atoms with Crippen molar-refractivity contribution in [2.24, 2.45) is 11.8 Å². The number of carbonyl (C=O) groups is 1. The summed E-state index contributed by atoms with van der Waals surface area (Å²) >= 11 is 0. The molecule has 1 amide bonds. The van der Waals surface area contributed by atoms with Gasteiger partial charge in [0.2, 0.25) is 5.91 Å². The number of amides is 1. The van der Waals surface area contributed by atoms with E-state index in [1.807, 2.05) is 25.1 Å². The van der Waals surface area contributed by atoms with Crippen molar-refractivity contribution in [1.29, 1.82) is 0 Å². The monoisotopic (exact) mass is 355 g/mol. The Hall–Kier alpha value is -2.18. The molecule has 138 valence electrons. The van der Waals surface area contributed by atoms with Crippen LogP contribution in [-0.4, -0.2) is 41.6 Å². The first kappa shape index (κ1) is 17.2. The number of fused-ring (bicyclic) bond motifs is 1. The van der Waals surface area contributed by atoms with Crippen LogP contribution in [-0.2, 0) is 16.1 Å². The Balaban J connectivity index is 1.29. The van der Waals surface area contributed by atoms with Gasteiger partial charge in [0.05, 0.1) is 37.6 Å². The van der Waals surface area contributed by atoms with E-state index in [1.165, 1.54) is 0 Å². The number of nitrogens with one attached hydrogen (secondary N) is 1. The maximum atomic E-state index is 12.3. The van der Waals surface area contributed by atoms with E-state index in [0.717, 1.165) is 49.9 Å². The van der Waals surface area contributed by atoms with E-state index >= 15 is 0 Å². The van der Waals surface area contributed by atoms with Gasteiger partial charge in [0.1, 0.15) is 11.5 Å². The number of anilines is 1. The van der Waals surface area contributed by atoms with Gasteiger partial charge >= 0.3 is 0 Å². The molecule has 0 unspecified atom stereocenters. The Labute approximate surface area is 153 Å². The largest absolute Gasteiger partial charge is 0.465 e. The number of aromatic nitrogens is 1. The number of nitrogens with zero attached hydrogens (tertiary/aromatic N) is 2. The lowest BCUT2D eigenvalue weighted by molar-refractivity contribution is -0.118. The molecule has 2 fully saturated rings. The van der Waals surface area contributed by atoms with Crippen molar-refractivity contribution >= 4 is 11.6 Å². The number of piperidine rings is 1. The lowest BCUT2D eigenvalue weighted by atomic mass is 9.83. The van der Waals surface area contributed by atoms with Crippen LogP contribution in [0.5, 0.6) is 0 Å². The average Bonchev–Trinajstić information content (AvgIpc) is 3.22. The summed E-state index contributed by atoms with van der Waals surface area (Å²) < 4.78 is 11.7. The van der Waals surface area contributed by atoms with Gasteiger partial charge in [-0.25, -0.2) is 0 Å². The van der Waals surface area contributed by atoms with Crippen LogP contribution < -0.4 is 5.32 Å². The predicted octanol–water partition coefficient (Wildman–Crippen LogP) is 2.85. The second-order valence-corrected chi connectivity index (χ2v) is 7.33. The van der Waals surface area contributed by atoms with E-state index in [-0.39, 0.29) is 12.0 Å². The summed E-state index contributed by atoms with van der Waals surface area (Å²) in [7, 11) is 0. The van der Waals surface area contributed by atoms with Gasteiger partial charge in [-0.3, -0.25) is 14.7 Å². The summed E-state index contributed by atoms with van der Waals surface area (Å²) in [4.78, 5) is 18.8. The third kappa shape index (κ3) is 3.97. The number of hydrogen-bond donors (Lipinski definition) is 1. The zero-order valence-corrected chi connectivity index (χ0v) is 15.1. The van der Waals surface area contributed by atoms with E-state index < -0.39 is 0 Å². The standard InChI is InChI=1S/C20H25N3O3/c1-14-4-5-17(26-14)12-23-8-6-18-15(11-23)13-25-19(18)9-20(24)22-16-3-2-7-21-10-16/h2-5,7,10,15,18-19H,6,8-9,11-13H2,1H3,(H,22,24)/t15-,18-,19-/m1/s1. The van der Waals surface area contributed by atoms with Crippen LogP contribution >= 0.6 is 0 Å². The molecule has 0 radical (unpaired) electrons. The fraction of sp³-hybridized carbons (Fsp3) is 0.500. The molecule has 0 aromatic carbocycles. The van der Waals surface area contributed by atoms with Gasteiger partial charge < -0.3 is 14.5 Å². The van der Waals surface area contributed by atoms with Crippen LogP contribution in [0, 0.1) is 18.8 Å². The van der Waals surface area contributed by atoms with Gasteiger partial charge in [0.15, 0.2) is 0 Å². The van der Waals surface area contributed by atoms with Crippen LogP contribution in [0.15, 0.2) is 41.1 Å². The SMILES string of the molecule is Cc1ccc(CN2CC[C@@H]3[C@@H](CO[C@@H]3CC(=O)Nc3cccnc3)C2)o1. The Kier molecular flexibility index (Phi) is 5.04. The van der Waals surface area contributed by atoms with Gasteiger partial charge in [-0.15, -0.1) is 0 Å². The summed E-state index contributed by atoms with van der Waals surface area (Å²) in [5.74, 6) is 2.93. The van der Waals surface area contributed by atoms with E-state index in [9.17, 15) is 4.79 Å². The normalized spacial score (nSPS) is 25.8. The molecule has 0 saturated carbocycles. The van der Waals surface area contributed by atoms with Crippen LogP contribution in [0.3, 0.4) is 0 Å². The zero-order valence-electron chi connectivity index (χ0n) is 15.1. The zero-order chi connectivity index (χ0) is 17.9. The molecule has 2 aliphatic rings. The first-order chi connectivity index (χ1) is 12.7. The molecule has 26 heavy (non-hydrogen) atoms. The molecule has 4 rings (SSSR count). The van der Waals surface area contributed by atoms with Gasteiger partial charge in [-0.1, -0.05) is 0 Å². The van der Waals surface area contributed by atoms with Gasteiger partial charge in [0, 0.05) is 18.7 Å². The lowest BCUT2D eigenvalue weighted by Crippen LogP contribution is -2.41. The van der Waals surface area contributed by atoms with Gasteiger partial charge in [-0.05, 0) is 50.1 Å². The summed E-state index contributed by atoms with van der Waals surface area (Å²) in [6, 6.07) is 7.72. The molecule has 1 N–H and O–H groups in total. The molecule has 0 bridgehead atoms. The van der Waals surface area contributed by atoms with Crippen LogP contribution in [0.25, 0.3) is 0 Å². The first-order valence-corrected chi connectivity index (χ1v) is 9.26. The van der Waals surface area contributed by atoms with Gasteiger partial charge in [-0.2, -0.15) is 0 Å². The van der Waals surface area contributed by atoms with Crippen molar-refractivity contribution in [2.45, 2.75) is 32.4 Å². The van der Waals surface area contributed by atoms with Gasteiger partial charge in [0.25, 0.3) is 0 Å². The van der Waals surface area contributed by atoms with E-state index in [0.29, 0.717) is 18.3 Å². The maximum Gasteiger partial charge on any atom is 0.227 e. The summed E-state index contributed by atoms with van der Waals surface area (Å²) in [5, 5.41) is 2.90. The summed E-state index contributed by atoms with van der Waals surface area (Å²) in [6.07, 6.45) is 4.84. The first-order valence-electron chi connectivity index (χ1n) is 9.26. The fourth-order valence-electron chi connectivity index (χ4n) is 4.14. The van der Waals surface area contributed by atoms with Crippen molar-refractivity contribution in [3.05, 3.63) is 48.2 Å². The van der Waals surface area contributed by atoms with Crippen molar-refractivity contribution in [1.82, 2.24) is 9.88 Å². The molecule has 2 aromatic rings. The van der Waals surface area contributed by atoms with Crippen molar-refractivity contribution in [2.75, 3.05) is 25.0 Å². The molecule has 0 spiro atoms. The highest BCUT2D eigenvalue weighted by molar-refractivity contribution is 5.90. The van der Waals surface area contributed by atoms with E-state index in [1.54, 1.807) is 12.4 Å². The van der Waals surface area contributed by atoms with E-state index in [4.69, 9.17) is 9.15 Å². The van der Waals surface area contributed by atoms with Crippen LogP contribution in [0.1, 0.15) is 24.4 Å². The number of hydrogen-bond acceptors (Lipinski definition) is 5. The van der Waals surface area contributed by atoms with Crippen molar-refractivity contribution in [3.63, 3.8) is 0 Å². The van der Waals surface area contributed by atoms with Crippen molar-refractivity contribution < 1.29 is 13.9 Å². The molecule has 6 nitrogen and oxygen atoms in total. The number of likely N-dealkylation sites (tertiary alicyclic amines) is 1. The molecule has 6 heteroatoms. The highest BCUT2D eigenvalue weighted by Crippen LogP contribution is 2.36. The molecule has 2 saturated heterocycles.